The molecule has 0 unspecified atom stereocenters. The highest BCUT2D eigenvalue weighted by Crippen LogP contribution is 2.11. The highest BCUT2D eigenvalue weighted by molar-refractivity contribution is 7.38. The summed E-state index contributed by atoms with van der Waals surface area (Å²) in [7, 11) is -2.62. The summed E-state index contributed by atoms with van der Waals surface area (Å²) in [5, 5.41) is 23.9. The van der Waals surface area contributed by atoms with E-state index in [1.807, 2.05) is 20.8 Å². The van der Waals surface area contributed by atoms with Crippen molar-refractivity contribution < 1.29 is 30.0 Å². The molecule has 0 saturated carbocycles. The van der Waals surface area contributed by atoms with Crippen molar-refractivity contribution in [3.63, 3.8) is 0 Å². The molecule has 0 rings (SSSR count). The molecule has 0 amide bonds. The highest BCUT2D eigenvalue weighted by Gasteiger charge is 1.76. The fourth-order valence-corrected chi connectivity index (χ4v) is 0.316. The van der Waals surface area contributed by atoms with Crippen molar-refractivity contribution in [2.75, 3.05) is 19.8 Å². The summed E-state index contributed by atoms with van der Waals surface area (Å²) in [6.45, 7) is 6.10. The van der Waals surface area contributed by atoms with E-state index in [0.717, 1.165) is 0 Å². The van der Waals surface area contributed by atoms with Crippen LogP contribution in [0.3, 0.4) is 0 Å². The van der Waals surface area contributed by atoms with E-state index in [9.17, 15) is 0 Å². The van der Waals surface area contributed by atoms with E-state index in [4.69, 9.17) is 30.0 Å². The minimum atomic E-state index is -2.62. The van der Waals surface area contributed by atoms with Gasteiger partial charge in [-0.3, -0.25) is 0 Å². The Kier molecular flexibility index (Phi) is 50.9. The van der Waals surface area contributed by atoms with E-state index < -0.39 is 8.60 Å². The van der Waals surface area contributed by atoms with Gasteiger partial charge in [0.15, 0.2) is 0 Å². The van der Waals surface area contributed by atoms with Crippen LogP contribution in [0.5, 0.6) is 0 Å². The monoisotopic (exact) mass is 298 g/mol. The summed E-state index contributed by atoms with van der Waals surface area (Å²) >= 11 is 0. The van der Waals surface area contributed by atoms with Crippen LogP contribution in [0.2, 0.25) is 0 Å². The molecule has 0 aliphatic rings. The molecule has 0 aromatic rings. The van der Waals surface area contributed by atoms with E-state index in [2.05, 4.69) is 0 Å². The summed E-state index contributed by atoms with van der Waals surface area (Å²) in [6, 6.07) is 0. The van der Waals surface area contributed by atoms with Crippen molar-refractivity contribution in [2.45, 2.75) is 20.8 Å². The third-order valence-corrected chi connectivity index (χ3v) is 1.02. The first-order valence-corrected chi connectivity index (χ1v) is 6.71. The van der Waals surface area contributed by atoms with Gasteiger partial charge in [0, 0.05) is 0 Å². The van der Waals surface area contributed by atoms with Crippen molar-refractivity contribution in [2.24, 2.45) is 0 Å². The largest absolute Gasteiger partial charge is 0.392 e. The van der Waals surface area contributed by atoms with Crippen LogP contribution in [0, 0.1) is 0 Å². The average Bonchev–Trinajstić information content (AvgIpc) is 2.33. The molecule has 0 spiro atoms. The van der Waals surface area contributed by atoms with E-state index in [0.29, 0.717) is 0 Å². The molecular weight excluding hydrogens is 271 g/mol. The van der Waals surface area contributed by atoms with Gasteiger partial charge in [0.05, 0.1) is 19.8 Å². The highest BCUT2D eigenvalue weighted by atomic mass is 31.2. The predicted molar refractivity (Wildman–Crippen MR) is 79.3 cm³/mol. The molecule has 6 N–H and O–H groups in total. The molecule has 0 radical (unpaired) electrons. The lowest BCUT2D eigenvalue weighted by Gasteiger charge is -1.76. The zero-order chi connectivity index (χ0) is 15.9. The molecule has 0 aliphatic heterocycles. The Balaban J connectivity index is -0.0000000793. The van der Waals surface area contributed by atoms with Gasteiger partial charge in [-0.2, -0.15) is 0 Å². The van der Waals surface area contributed by atoms with Crippen molar-refractivity contribution in [3.8, 4) is 0 Å². The van der Waals surface area contributed by atoms with Gasteiger partial charge in [0.2, 0.25) is 0 Å². The maximum Gasteiger partial charge on any atom is 0.324 e. The molecule has 0 aromatic carbocycles. The van der Waals surface area contributed by atoms with Crippen LogP contribution in [0.1, 0.15) is 20.8 Å². The number of hydrogen-bond acceptors (Lipinski definition) is 6. The third kappa shape index (κ3) is 141. The number of hydrogen-bond donors (Lipinski definition) is 6. The Morgan fingerprint density at radius 3 is 0.789 bits per heavy atom. The van der Waals surface area contributed by atoms with E-state index in [-0.39, 0.29) is 19.8 Å². The number of aliphatic hydroxyl groups excluding tert-OH is 3. The van der Waals surface area contributed by atoms with Crippen molar-refractivity contribution in [1.29, 1.82) is 0 Å². The maximum atomic E-state index is 7.98. The summed E-state index contributed by atoms with van der Waals surface area (Å²) in [5.74, 6) is 0. The summed E-state index contributed by atoms with van der Waals surface area (Å²) < 4.78 is 0. The molecule has 0 saturated heterocycles. The minimum Gasteiger partial charge on any atom is -0.392 e. The normalized spacial score (nSPS) is 9.79. The molecule has 0 fully saturated rings. The maximum absolute atomic E-state index is 7.98. The van der Waals surface area contributed by atoms with E-state index in [1.165, 1.54) is 0 Å². The second-order valence-corrected chi connectivity index (χ2v) is 3.06. The SMILES string of the molecule is CC=CCO.CC=CCO.CC=CCO.OP(O)O. The average molecular weight is 298 g/mol. The second kappa shape index (κ2) is 36.0. The lowest BCUT2D eigenvalue weighted by Crippen LogP contribution is -1.65. The zero-order valence-electron chi connectivity index (χ0n) is 11.7. The quantitative estimate of drug-likeness (QED) is 0.339. The fraction of sp³-hybridized carbons (Fsp3) is 0.500. The van der Waals surface area contributed by atoms with Crippen LogP contribution >= 0.6 is 8.60 Å². The van der Waals surface area contributed by atoms with Crippen molar-refractivity contribution >= 4 is 8.60 Å². The standard InChI is InChI=1S/3C4H8O.H3O3P/c3*1-2-3-4-5;1-4(2)3/h3*2-3,5H,4H2,1H3;1-3H. The lowest BCUT2D eigenvalue weighted by molar-refractivity contribution is 0.342. The van der Waals surface area contributed by atoms with Gasteiger partial charge in [-0.05, 0) is 20.8 Å². The van der Waals surface area contributed by atoms with Gasteiger partial charge in [0.25, 0.3) is 0 Å². The molecule has 116 valence electrons. The van der Waals surface area contributed by atoms with E-state index in [1.54, 1.807) is 36.5 Å². The van der Waals surface area contributed by atoms with Crippen LogP contribution in [0.15, 0.2) is 36.5 Å². The van der Waals surface area contributed by atoms with Gasteiger partial charge < -0.3 is 30.0 Å². The van der Waals surface area contributed by atoms with Crippen molar-refractivity contribution in [3.05, 3.63) is 36.5 Å². The molecule has 0 atom stereocenters. The molecule has 0 bridgehead atoms. The fourth-order valence-electron chi connectivity index (χ4n) is 0.316. The summed E-state index contributed by atoms with van der Waals surface area (Å²) in [4.78, 5) is 21.7. The Bertz CT molecular complexity index is 161. The molecule has 0 aromatic heterocycles. The minimum absolute atomic E-state index is 0.163. The van der Waals surface area contributed by atoms with Gasteiger partial charge in [-0.15, -0.1) is 0 Å². The van der Waals surface area contributed by atoms with Gasteiger partial charge in [-0.1, -0.05) is 36.5 Å². The van der Waals surface area contributed by atoms with Crippen LogP contribution < -0.4 is 0 Å². The first kappa shape index (κ1) is 26.9. The molecule has 6 nitrogen and oxygen atoms in total. The number of allylic oxidation sites excluding steroid dienone is 3. The topological polar surface area (TPSA) is 121 Å². The van der Waals surface area contributed by atoms with Crippen molar-refractivity contribution in [1.82, 2.24) is 0 Å². The Morgan fingerprint density at radius 1 is 0.632 bits per heavy atom. The van der Waals surface area contributed by atoms with Crippen LogP contribution in [0.25, 0.3) is 0 Å². The first-order chi connectivity index (χ1) is 8.97. The first-order valence-electron chi connectivity index (χ1n) is 5.51. The lowest BCUT2D eigenvalue weighted by atomic mass is 10.6. The molecule has 19 heavy (non-hydrogen) atoms. The number of rotatable bonds is 3. The zero-order valence-corrected chi connectivity index (χ0v) is 12.6. The number of aliphatic hydroxyl groups is 3. The summed E-state index contributed by atoms with van der Waals surface area (Å²) in [6.07, 6.45) is 10.5. The van der Waals surface area contributed by atoms with Crippen LogP contribution in [0.4, 0.5) is 0 Å². The van der Waals surface area contributed by atoms with E-state index >= 15 is 0 Å². The third-order valence-electron chi connectivity index (χ3n) is 1.02. The van der Waals surface area contributed by atoms with Gasteiger partial charge >= 0.3 is 8.60 Å². The Morgan fingerprint density at radius 2 is 0.789 bits per heavy atom. The summed E-state index contributed by atoms with van der Waals surface area (Å²) in [5.41, 5.74) is 0. The molecule has 0 heterocycles. The molecule has 0 aliphatic carbocycles. The van der Waals surface area contributed by atoms with Crippen LogP contribution in [-0.2, 0) is 0 Å². The Hall–Kier alpha value is -0.590. The predicted octanol–water partition coefficient (Wildman–Crippen LogP) is 0.855. The van der Waals surface area contributed by atoms with Gasteiger partial charge in [0.1, 0.15) is 0 Å². The van der Waals surface area contributed by atoms with Crippen LogP contribution in [-0.4, -0.2) is 49.8 Å². The molecular formula is C12H27O6P. The molecule has 7 heteroatoms. The van der Waals surface area contributed by atoms with Gasteiger partial charge in [-0.25, -0.2) is 0 Å². The second-order valence-electron chi connectivity index (χ2n) is 2.52. The Labute approximate surface area is 116 Å². The smallest absolute Gasteiger partial charge is 0.324 e.